The number of hydrogen-bond acceptors (Lipinski definition) is 4. The minimum absolute atomic E-state index is 0.173. The summed E-state index contributed by atoms with van der Waals surface area (Å²) < 4.78 is 5.95. The van der Waals surface area contributed by atoms with Crippen LogP contribution in [0.4, 0.5) is 0 Å². The Morgan fingerprint density at radius 3 is 2.25 bits per heavy atom. The third-order valence-electron chi connectivity index (χ3n) is 5.95. The Balaban J connectivity index is 2.09. The molecule has 0 atom stereocenters. The van der Waals surface area contributed by atoms with Gasteiger partial charge in [-0.3, -0.25) is 0 Å². The van der Waals surface area contributed by atoms with E-state index in [1.54, 1.807) is 7.11 Å². The van der Waals surface area contributed by atoms with Gasteiger partial charge in [0.15, 0.2) is 0 Å². The largest absolute Gasteiger partial charge is 0.451 e. The SMILES string of the molecule is CON1CCC2(CC1)OC(=O)C(c1c(C)cc(C)c(C)c1C)=C2C. The summed E-state index contributed by atoms with van der Waals surface area (Å²) >= 11 is 0. The number of aryl methyl sites for hydroxylation is 2. The molecule has 0 radical (unpaired) electrons. The van der Waals surface area contributed by atoms with Crippen LogP contribution in [0, 0.1) is 27.7 Å². The first-order chi connectivity index (χ1) is 11.3. The second-order valence-electron chi connectivity index (χ2n) is 7.13. The lowest BCUT2D eigenvalue weighted by atomic mass is 9.81. The number of hydrogen-bond donors (Lipinski definition) is 0. The zero-order chi connectivity index (χ0) is 17.6. The lowest BCUT2D eigenvalue weighted by molar-refractivity contribution is -0.178. The molecule has 0 aliphatic carbocycles. The lowest BCUT2D eigenvalue weighted by Crippen LogP contribution is -2.45. The van der Waals surface area contributed by atoms with Crippen LogP contribution in [0.1, 0.15) is 47.6 Å². The average molecular weight is 329 g/mol. The molecule has 3 rings (SSSR count). The van der Waals surface area contributed by atoms with Crippen LogP contribution >= 0.6 is 0 Å². The number of hydroxylamine groups is 2. The summed E-state index contributed by atoms with van der Waals surface area (Å²) in [5.74, 6) is -0.173. The molecule has 0 N–H and O–H groups in total. The lowest BCUT2D eigenvalue weighted by Gasteiger charge is -2.37. The van der Waals surface area contributed by atoms with Gasteiger partial charge in [-0.05, 0) is 68.0 Å². The zero-order valence-corrected chi connectivity index (χ0v) is 15.6. The fraction of sp³-hybridized carbons (Fsp3) is 0.550. The highest BCUT2D eigenvalue weighted by atomic mass is 16.7. The van der Waals surface area contributed by atoms with Crippen molar-refractivity contribution in [2.75, 3.05) is 20.2 Å². The van der Waals surface area contributed by atoms with Crippen LogP contribution in [0.3, 0.4) is 0 Å². The Hall–Kier alpha value is -1.65. The van der Waals surface area contributed by atoms with Crippen molar-refractivity contribution in [3.8, 4) is 0 Å². The number of rotatable bonds is 2. The van der Waals surface area contributed by atoms with Gasteiger partial charge in [-0.2, -0.15) is 5.06 Å². The second kappa shape index (κ2) is 6.01. The Morgan fingerprint density at radius 2 is 1.67 bits per heavy atom. The molecule has 0 unspecified atom stereocenters. The number of ether oxygens (including phenoxy) is 1. The van der Waals surface area contributed by atoms with E-state index in [0.29, 0.717) is 0 Å². The van der Waals surface area contributed by atoms with Gasteiger partial charge in [-0.15, -0.1) is 0 Å². The van der Waals surface area contributed by atoms with E-state index in [2.05, 4.69) is 40.7 Å². The number of benzene rings is 1. The summed E-state index contributed by atoms with van der Waals surface area (Å²) in [5.41, 5.74) is 7.31. The molecule has 2 aliphatic rings. The standard InChI is InChI=1S/C20H27NO3/c1-12-11-13(2)17(15(4)14(12)3)18-16(5)20(24-19(18)22)7-9-21(23-6)10-8-20/h11H,7-10H2,1-6H3. The van der Waals surface area contributed by atoms with Gasteiger partial charge in [-0.1, -0.05) is 6.07 Å². The van der Waals surface area contributed by atoms with Crippen LogP contribution in [0.2, 0.25) is 0 Å². The molecule has 0 aromatic heterocycles. The van der Waals surface area contributed by atoms with E-state index in [9.17, 15) is 4.79 Å². The maximum Gasteiger partial charge on any atom is 0.339 e. The number of carbonyl (C=O) groups excluding carboxylic acids is 1. The third kappa shape index (κ3) is 2.49. The summed E-state index contributed by atoms with van der Waals surface area (Å²) in [7, 11) is 1.69. The predicted octanol–water partition coefficient (Wildman–Crippen LogP) is 3.65. The third-order valence-corrected chi connectivity index (χ3v) is 5.95. The van der Waals surface area contributed by atoms with E-state index in [4.69, 9.17) is 9.57 Å². The molecule has 0 amide bonds. The molecule has 1 aromatic rings. The summed E-state index contributed by atoms with van der Waals surface area (Å²) in [5, 5.41) is 1.93. The zero-order valence-electron chi connectivity index (χ0n) is 15.6. The van der Waals surface area contributed by atoms with Crippen LogP contribution in [0.5, 0.6) is 0 Å². The van der Waals surface area contributed by atoms with E-state index < -0.39 is 5.60 Å². The predicted molar refractivity (Wildman–Crippen MR) is 94.6 cm³/mol. The van der Waals surface area contributed by atoms with Gasteiger partial charge in [0.1, 0.15) is 5.60 Å². The van der Waals surface area contributed by atoms with Crippen molar-refractivity contribution in [2.45, 2.75) is 53.1 Å². The van der Waals surface area contributed by atoms with Gasteiger partial charge in [0, 0.05) is 25.9 Å². The Morgan fingerprint density at radius 1 is 1.04 bits per heavy atom. The number of carbonyl (C=O) groups is 1. The van der Waals surface area contributed by atoms with Gasteiger partial charge in [0.2, 0.25) is 0 Å². The van der Waals surface area contributed by atoms with Gasteiger partial charge >= 0.3 is 5.97 Å². The van der Waals surface area contributed by atoms with Crippen LogP contribution < -0.4 is 0 Å². The fourth-order valence-corrected chi connectivity index (χ4v) is 4.15. The highest BCUT2D eigenvalue weighted by Crippen LogP contribution is 2.45. The Kier molecular flexibility index (Phi) is 4.30. The molecule has 0 saturated carbocycles. The minimum Gasteiger partial charge on any atom is -0.451 e. The van der Waals surface area contributed by atoms with E-state index in [1.165, 1.54) is 16.7 Å². The molecule has 130 valence electrons. The Labute approximate surface area is 144 Å². The number of esters is 1. The summed E-state index contributed by atoms with van der Waals surface area (Å²) in [4.78, 5) is 18.1. The van der Waals surface area contributed by atoms with Crippen LogP contribution in [0.15, 0.2) is 11.6 Å². The fourth-order valence-electron chi connectivity index (χ4n) is 4.15. The number of nitrogens with zero attached hydrogens (tertiary/aromatic N) is 1. The number of piperidine rings is 1. The average Bonchev–Trinajstić information content (AvgIpc) is 2.78. The van der Waals surface area contributed by atoms with Crippen molar-refractivity contribution >= 4 is 11.5 Å². The Bertz CT molecular complexity index is 725. The maximum absolute atomic E-state index is 12.8. The summed E-state index contributed by atoms with van der Waals surface area (Å²) in [6.45, 7) is 12.1. The van der Waals surface area contributed by atoms with E-state index in [0.717, 1.165) is 48.2 Å². The van der Waals surface area contributed by atoms with Gasteiger partial charge < -0.3 is 9.57 Å². The van der Waals surface area contributed by atoms with Gasteiger partial charge in [-0.25, -0.2) is 4.79 Å². The molecule has 1 saturated heterocycles. The molecule has 2 heterocycles. The molecule has 0 bridgehead atoms. The molecule has 24 heavy (non-hydrogen) atoms. The minimum atomic E-state index is -0.459. The molecular formula is C20H27NO3. The van der Waals surface area contributed by atoms with Gasteiger partial charge in [0.25, 0.3) is 0 Å². The van der Waals surface area contributed by atoms with E-state index >= 15 is 0 Å². The van der Waals surface area contributed by atoms with E-state index in [-0.39, 0.29) is 5.97 Å². The normalized spacial score (nSPS) is 20.8. The molecule has 4 heteroatoms. The maximum atomic E-state index is 12.8. The van der Waals surface area contributed by atoms with Crippen LogP contribution in [-0.4, -0.2) is 36.8 Å². The second-order valence-corrected chi connectivity index (χ2v) is 7.13. The molecule has 1 fully saturated rings. The van der Waals surface area contributed by atoms with Gasteiger partial charge in [0.05, 0.1) is 12.7 Å². The summed E-state index contributed by atoms with van der Waals surface area (Å²) in [6, 6.07) is 2.17. The van der Waals surface area contributed by atoms with Crippen LogP contribution in [-0.2, 0) is 14.4 Å². The first kappa shape index (κ1) is 17.2. The smallest absolute Gasteiger partial charge is 0.339 e. The summed E-state index contributed by atoms with van der Waals surface area (Å²) in [6.07, 6.45) is 1.57. The molecule has 1 spiro atoms. The van der Waals surface area contributed by atoms with Crippen molar-refractivity contribution in [1.82, 2.24) is 5.06 Å². The molecule has 4 nitrogen and oxygen atoms in total. The molecule has 2 aliphatic heterocycles. The highest BCUT2D eigenvalue weighted by molar-refractivity contribution is 6.21. The van der Waals surface area contributed by atoms with Crippen molar-refractivity contribution < 1.29 is 14.4 Å². The first-order valence-electron chi connectivity index (χ1n) is 8.62. The van der Waals surface area contributed by atoms with E-state index in [1.807, 2.05) is 5.06 Å². The van der Waals surface area contributed by atoms with Crippen LogP contribution in [0.25, 0.3) is 5.57 Å². The highest BCUT2D eigenvalue weighted by Gasteiger charge is 2.48. The van der Waals surface area contributed by atoms with Crippen molar-refractivity contribution in [1.29, 1.82) is 0 Å². The molecule has 1 aromatic carbocycles. The van der Waals surface area contributed by atoms with Crippen molar-refractivity contribution in [3.05, 3.63) is 39.5 Å². The van der Waals surface area contributed by atoms with Crippen molar-refractivity contribution in [2.24, 2.45) is 0 Å². The topological polar surface area (TPSA) is 38.8 Å². The van der Waals surface area contributed by atoms with Crippen molar-refractivity contribution in [3.63, 3.8) is 0 Å². The quantitative estimate of drug-likeness (QED) is 0.777. The molecular weight excluding hydrogens is 302 g/mol. The first-order valence-corrected chi connectivity index (χ1v) is 8.62. The monoisotopic (exact) mass is 329 g/mol.